The lowest BCUT2D eigenvalue weighted by Gasteiger charge is -2.44. The van der Waals surface area contributed by atoms with Crippen LogP contribution in [-0.4, -0.2) is 57.8 Å². The minimum absolute atomic E-state index is 0.0511. The number of amides is 4. The average molecular weight is 487 g/mol. The first-order chi connectivity index (χ1) is 16.3. The molecule has 0 radical (unpaired) electrons. The zero-order valence-corrected chi connectivity index (χ0v) is 19.3. The first-order valence-corrected chi connectivity index (χ1v) is 10.8. The van der Waals surface area contributed by atoms with E-state index in [0.29, 0.717) is 16.1 Å². The predicted octanol–water partition coefficient (Wildman–Crippen LogP) is 3.28. The maximum atomic E-state index is 13.4. The lowest BCUT2D eigenvalue weighted by atomic mass is 10.1. The van der Waals surface area contributed by atoms with Crippen molar-refractivity contribution in [2.24, 2.45) is 5.84 Å². The molecule has 1 fully saturated rings. The van der Waals surface area contributed by atoms with Crippen LogP contribution in [0.1, 0.15) is 17.5 Å². The topological polar surface area (TPSA) is 134 Å². The van der Waals surface area contributed by atoms with Gasteiger partial charge < -0.3 is 14.5 Å². The Labute approximate surface area is 200 Å². The molecule has 1 atom stereocenters. The quantitative estimate of drug-likeness (QED) is 0.295. The number of nitrogens with zero attached hydrogens (tertiary/aromatic N) is 4. The number of halogens is 1. The molecule has 3 aromatic rings. The molecular formula is C22H23ClN6O5. The van der Waals surface area contributed by atoms with Gasteiger partial charge in [0.15, 0.2) is 5.58 Å². The van der Waals surface area contributed by atoms with Crippen LogP contribution in [0.3, 0.4) is 0 Å². The van der Waals surface area contributed by atoms with E-state index in [2.05, 4.69) is 15.0 Å². The number of aryl methyl sites for hydroxylation is 1. The summed E-state index contributed by atoms with van der Waals surface area (Å²) < 4.78 is 10.3. The third kappa shape index (κ3) is 4.75. The predicted molar refractivity (Wildman–Crippen MR) is 123 cm³/mol. The van der Waals surface area contributed by atoms with Crippen LogP contribution < -0.4 is 11.2 Å². The maximum absolute atomic E-state index is 13.4. The molecule has 11 nitrogen and oxygen atoms in total. The summed E-state index contributed by atoms with van der Waals surface area (Å²) in [7, 11) is 1.23. The van der Waals surface area contributed by atoms with E-state index in [-0.39, 0.29) is 25.5 Å². The highest BCUT2D eigenvalue weighted by atomic mass is 35.5. The largest absolute Gasteiger partial charge is 0.469 e. The molecule has 1 unspecified atom stereocenters. The number of hydrogen-bond donors (Lipinski definition) is 2. The molecule has 178 valence electrons. The number of ether oxygens (including phenoxy) is 1. The van der Waals surface area contributed by atoms with Gasteiger partial charge in [-0.25, -0.2) is 25.3 Å². The van der Waals surface area contributed by atoms with Crippen molar-refractivity contribution in [3.63, 3.8) is 0 Å². The van der Waals surface area contributed by atoms with E-state index >= 15 is 0 Å². The number of oxazole rings is 1. The van der Waals surface area contributed by atoms with E-state index in [1.54, 1.807) is 18.2 Å². The smallest absolute Gasteiger partial charge is 0.345 e. The van der Waals surface area contributed by atoms with Gasteiger partial charge in [-0.15, -0.1) is 0 Å². The normalized spacial score (nSPS) is 16.4. The number of hydrazine groups is 1. The molecule has 1 aliphatic rings. The number of esters is 1. The number of imide groups is 1. The van der Waals surface area contributed by atoms with Crippen LogP contribution in [0.15, 0.2) is 46.9 Å². The molecule has 3 N–H and O–H groups in total. The molecule has 1 aliphatic heterocycles. The lowest BCUT2D eigenvalue weighted by molar-refractivity contribution is -0.140. The molecule has 12 heteroatoms. The van der Waals surface area contributed by atoms with Crippen molar-refractivity contribution in [2.45, 2.75) is 26.2 Å². The highest BCUT2D eigenvalue weighted by Gasteiger charge is 2.43. The highest BCUT2D eigenvalue weighted by molar-refractivity contribution is 6.31. The van der Waals surface area contributed by atoms with Crippen molar-refractivity contribution >= 4 is 46.7 Å². The van der Waals surface area contributed by atoms with Crippen molar-refractivity contribution in [3.8, 4) is 0 Å². The molecule has 1 aromatic heterocycles. The summed E-state index contributed by atoms with van der Waals surface area (Å²) in [6.45, 7) is 1.89. The minimum Gasteiger partial charge on any atom is -0.469 e. The number of hydrogen-bond acceptors (Lipinski definition) is 8. The molecule has 0 spiro atoms. The molecule has 34 heavy (non-hydrogen) atoms. The number of anilines is 1. The maximum Gasteiger partial charge on any atom is 0.345 e. The monoisotopic (exact) mass is 486 g/mol. The molecule has 4 rings (SSSR count). The highest BCUT2D eigenvalue weighted by Crippen LogP contribution is 2.26. The van der Waals surface area contributed by atoms with E-state index in [9.17, 15) is 14.4 Å². The Kier molecular flexibility index (Phi) is 6.57. The molecule has 0 aliphatic carbocycles. The van der Waals surface area contributed by atoms with E-state index < -0.39 is 24.3 Å². The second-order valence-corrected chi connectivity index (χ2v) is 8.15. The van der Waals surface area contributed by atoms with Gasteiger partial charge in [0.1, 0.15) is 5.52 Å². The van der Waals surface area contributed by atoms with Gasteiger partial charge >= 0.3 is 18.0 Å². The van der Waals surface area contributed by atoms with Gasteiger partial charge in [-0.2, -0.15) is 4.98 Å². The van der Waals surface area contributed by atoms with Crippen LogP contribution in [-0.2, 0) is 16.1 Å². The summed E-state index contributed by atoms with van der Waals surface area (Å²) >= 11 is 6.01. The fourth-order valence-electron chi connectivity index (χ4n) is 3.49. The Morgan fingerprint density at radius 3 is 2.65 bits per heavy atom. The number of rotatable bonds is 7. The minimum atomic E-state index is -1.11. The van der Waals surface area contributed by atoms with Crippen LogP contribution in [0.5, 0.6) is 0 Å². The Morgan fingerprint density at radius 1 is 1.21 bits per heavy atom. The summed E-state index contributed by atoms with van der Waals surface area (Å²) in [5.74, 6) is 5.57. The second kappa shape index (κ2) is 9.57. The van der Waals surface area contributed by atoms with E-state index in [1.165, 1.54) is 12.0 Å². The van der Waals surface area contributed by atoms with E-state index in [4.69, 9.17) is 21.9 Å². The zero-order valence-electron chi connectivity index (χ0n) is 18.5. The molecule has 4 amide bonds. The van der Waals surface area contributed by atoms with Gasteiger partial charge in [0.2, 0.25) is 6.29 Å². The van der Waals surface area contributed by atoms with Crippen molar-refractivity contribution in [3.05, 3.63) is 58.6 Å². The third-order valence-corrected chi connectivity index (χ3v) is 5.57. The number of carbonyl (C=O) groups is 3. The van der Waals surface area contributed by atoms with Crippen molar-refractivity contribution in [1.29, 1.82) is 0 Å². The summed E-state index contributed by atoms with van der Waals surface area (Å²) in [4.78, 5) is 44.5. The number of fused-ring (bicyclic) bond motifs is 1. The van der Waals surface area contributed by atoms with Gasteiger partial charge in [-0.1, -0.05) is 41.4 Å². The average Bonchev–Trinajstić information content (AvgIpc) is 3.22. The molecule has 0 saturated carbocycles. The van der Waals surface area contributed by atoms with Crippen LogP contribution >= 0.6 is 11.6 Å². The van der Waals surface area contributed by atoms with Crippen molar-refractivity contribution in [2.75, 3.05) is 19.0 Å². The third-order valence-electron chi connectivity index (χ3n) is 5.33. The van der Waals surface area contributed by atoms with Crippen LogP contribution in [0.4, 0.5) is 15.6 Å². The Bertz CT molecular complexity index is 1230. The number of methoxy groups -OCH3 is 1. The fraction of sp³-hybridized carbons (Fsp3) is 0.273. The SMILES string of the molecule is COC(=O)CCN1C(=O)N(N)C(Nc2nc3ccc(Cl)cc3o2)N(Cc2ccc(C)cc2)C1=O. The second-order valence-electron chi connectivity index (χ2n) is 7.71. The van der Waals surface area contributed by atoms with Crippen LogP contribution in [0.25, 0.3) is 11.1 Å². The standard InChI is InChI=1S/C22H23ClN6O5/c1-13-3-5-14(6-4-13)12-28-20(26-19-25-16-8-7-15(23)11-17(16)34-19)29(24)22(32)27(21(28)31)10-9-18(30)33-2/h3-8,11,20H,9-10,12,24H2,1-2H3,(H,25,26). The Morgan fingerprint density at radius 2 is 1.94 bits per heavy atom. The first kappa shape index (κ1) is 23.3. The molecule has 2 aromatic carbocycles. The van der Waals surface area contributed by atoms with Gasteiger partial charge in [-0.3, -0.25) is 9.69 Å². The summed E-state index contributed by atoms with van der Waals surface area (Å²) in [5.41, 5.74) is 2.83. The Balaban J connectivity index is 1.64. The van der Waals surface area contributed by atoms with E-state index in [0.717, 1.165) is 21.0 Å². The van der Waals surface area contributed by atoms with Gasteiger partial charge in [-0.05, 0) is 24.6 Å². The van der Waals surface area contributed by atoms with E-state index in [1.807, 2.05) is 31.2 Å². The van der Waals surface area contributed by atoms with Crippen LogP contribution in [0, 0.1) is 6.92 Å². The number of nitrogens with one attached hydrogen (secondary N) is 1. The lowest BCUT2D eigenvalue weighted by Crippen LogP contribution is -2.70. The number of urea groups is 2. The van der Waals surface area contributed by atoms with Crippen molar-refractivity contribution in [1.82, 2.24) is 19.8 Å². The zero-order chi connectivity index (χ0) is 24.4. The van der Waals surface area contributed by atoms with Crippen LogP contribution in [0.2, 0.25) is 5.02 Å². The summed E-state index contributed by atoms with van der Waals surface area (Å²) in [5, 5.41) is 4.25. The first-order valence-electron chi connectivity index (χ1n) is 10.4. The van der Waals surface area contributed by atoms with Gasteiger partial charge in [0.05, 0.1) is 20.1 Å². The Hall–Kier alpha value is -3.83. The summed E-state index contributed by atoms with van der Waals surface area (Å²) in [6.07, 6.45) is -1.27. The van der Waals surface area contributed by atoms with Gasteiger partial charge in [0.25, 0.3) is 6.01 Å². The molecule has 2 heterocycles. The van der Waals surface area contributed by atoms with Gasteiger partial charge in [0, 0.05) is 17.6 Å². The fourth-order valence-corrected chi connectivity index (χ4v) is 3.66. The number of carbonyl (C=O) groups excluding carboxylic acids is 3. The summed E-state index contributed by atoms with van der Waals surface area (Å²) in [6, 6.07) is 11.2. The molecule has 0 bridgehead atoms. The van der Waals surface area contributed by atoms with Crippen molar-refractivity contribution < 1.29 is 23.5 Å². The molecule has 1 saturated heterocycles. The molecular weight excluding hydrogens is 464 g/mol. The number of aromatic nitrogens is 1. The number of nitrogens with two attached hydrogens (primary N) is 1. The number of benzene rings is 2.